The summed E-state index contributed by atoms with van der Waals surface area (Å²) in [7, 11) is 0. The number of amides is 3. The normalized spacial score (nSPS) is 15.2. The van der Waals surface area contributed by atoms with E-state index in [0.717, 1.165) is 38.4 Å². The molecule has 1 saturated heterocycles. The lowest BCUT2D eigenvalue weighted by Gasteiger charge is -2.13. The average molecular weight is 414 g/mol. The van der Waals surface area contributed by atoms with E-state index in [1.807, 2.05) is 36.2 Å². The lowest BCUT2D eigenvalue weighted by molar-refractivity contribution is -0.124. The summed E-state index contributed by atoms with van der Waals surface area (Å²) >= 11 is 0.852. The highest BCUT2D eigenvalue weighted by Crippen LogP contribution is 2.31. The number of rotatable bonds is 6. The second-order valence-electron chi connectivity index (χ2n) is 6.33. The number of aromatic nitrogens is 2. The van der Waals surface area contributed by atoms with Crippen molar-refractivity contribution >= 4 is 34.9 Å². The summed E-state index contributed by atoms with van der Waals surface area (Å²) < 4.78 is 1.04. The van der Waals surface area contributed by atoms with Gasteiger partial charge in [0.05, 0.1) is 4.91 Å². The summed E-state index contributed by atoms with van der Waals surface area (Å²) in [6.07, 6.45) is 2.87. The van der Waals surface area contributed by atoms with Crippen LogP contribution in [-0.4, -0.2) is 44.6 Å². The number of nitrogens with one attached hydrogen (secondary N) is 2. The largest absolute Gasteiger partial charge is 0.353 e. The van der Waals surface area contributed by atoms with E-state index in [1.165, 1.54) is 6.20 Å². The van der Waals surface area contributed by atoms with Crippen LogP contribution in [0.15, 0.2) is 51.0 Å². The molecule has 0 bridgehead atoms. The van der Waals surface area contributed by atoms with Gasteiger partial charge in [-0.15, -0.1) is 0 Å². The maximum Gasteiger partial charge on any atom is 0.328 e. The number of aromatic amines is 1. The zero-order valence-corrected chi connectivity index (χ0v) is 16.3. The minimum atomic E-state index is -0.695. The van der Waals surface area contributed by atoms with Crippen molar-refractivity contribution in [2.75, 3.05) is 13.1 Å². The van der Waals surface area contributed by atoms with Crippen molar-refractivity contribution in [3.05, 3.63) is 73.4 Å². The Bertz CT molecular complexity index is 1100. The molecule has 0 saturated carbocycles. The SMILES string of the molecule is Cc1ccc(/C=C2\SC(=O)N(CCNC(=O)Cn3ccc(=O)[nH]c3=O)C2=O)cc1. The maximum absolute atomic E-state index is 12.5. The van der Waals surface area contributed by atoms with Crippen LogP contribution in [0.2, 0.25) is 0 Å². The van der Waals surface area contributed by atoms with Crippen molar-refractivity contribution < 1.29 is 14.4 Å². The Balaban J connectivity index is 1.55. The van der Waals surface area contributed by atoms with Crippen LogP contribution < -0.4 is 16.6 Å². The van der Waals surface area contributed by atoms with E-state index in [-0.39, 0.29) is 19.6 Å². The first-order valence-corrected chi connectivity index (χ1v) is 9.53. The zero-order valence-electron chi connectivity index (χ0n) is 15.5. The number of benzene rings is 1. The molecule has 2 aromatic rings. The second kappa shape index (κ2) is 8.74. The van der Waals surface area contributed by atoms with E-state index in [2.05, 4.69) is 5.32 Å². The van der Waals surface area contributed by atoms with Crippen molar-refractivity contribution in [1.29, 1.82) is 0 Å². The molecular formula is C19H18N4O5S. The van der Waals surface area contributed by atoms with Crippen molar-refractivity contribution in [2.24, 2.45) is 0 Å². The first kappa shape index (κ1) is 20.3. The Morgan fingerprint density at radius 3 is 2.55 bits per heavy atom. The molecule has 1 aromatic heterocycles. The molecule has 29 heavy (non-hydrogen) atoms. The monoisotopic (exact) mass is 414 g/mol. The third kappa shape index (κ3) is 5.11. The predicted octanol–water partition coefficient (Wildman–Crippen LogP) is 0.698. The molecule has 0 atom stereocenters. The number of aryl methyl sites for hydroxylation is 1. The van der Waals surface area contributed by atoms with Gasteiger partial charge in [0.15, 0.2) is 0 Å². The fraction of sp³-hybridized carbons (Fsp3) is 0.211. The van der Waals surface area contributed by atoms with Crippen LogP contribution in [-0.2, 0) is 16.1 Å². The molecule has 3 rings (SSSR count). The summed E-state index contributed by atoms with van der Waals surface area (Å²) in [6.45, 7) is 1.74. The van der Waals surface area contributed by atoms with Gasteiger partial charge in [-0.1, -0.05) is 29.8 Å². The molecule has 0 unspecified atom stereocenters. The van der Waals surface area contributed by atoms with Crippen LogP contribution in [0.1, 0.15) is 11.1 Å². The molecule has 2 N–H and O–H groups in total. The number of carbonyl (C=O) groups is 3. The third-order valence-electron chi connectivity index (χ3n) is 4.12. The summed E-state index contributed by atoms with van der Waals surface area (Å²) in [5.41, 5.74) is 0.667. The smallest absolute Gasteiger partial charge is 0.328 e. The highest BCUT2D eigenvalue weighted by Gasteiger charge is 2.34. The summed E-state index contributed by atoms with van der Waals surface area (Å²) in [5, 5.41) is 2.14. The van der Waals surface area contributed by atoms with Gasteiger partial charge in [-0.05, 0) is 30.3 Å². The Kier molecular flexibility index (Phi) is 6.13. The first-order chi connectivity index (χ1) is 13.8. The summed E-state index contributed by atoms with van der Waals surface area (Å²) in [4.78, 5) is 62.6. The average Bonchev–Trinajstić information content (AvgIpc) is 2.93. The molecule has 2 heterocycles. The topological polar surface area (TPSA) is 121 Å². The molecule has 0 radical (unpaired) electrons. The number of imide groups is 1. The molecule has 0 spiro atoms. The van der Waals surface area contributed by atoms with Crippen molar-refractivity contribution in [3.63, 3.8) is 0 Å². The Hall–Kier alpha value is -3.40. The van der Waals surface area contributed by atoms with Gasteiger partial charge in [-0.25, -0.2) is 4.79 Å². The predicted molar refractivity (Wildman–Crippen MR) is 108 cm³/mol. The van der Waals surface area contributed by atoms with Crippen molar-refractivity contribution in [1.82, 2.24) is 19.8 Å². The molecule has 3 amide bonds. The van der Waals surface area contributed by atoms with E-state index in [4.69, 9.17) is 0 Å². The zero-order chi connectivity index (χ0) is 21.0. The fourth-order valence-electron chi connectivity index (χ4n) is 2.59. The van der Waals surface area contributed by atoms with E-state index in [0.29, 0.717) is 4.91 Å². The Labute approximate surface area is 169 Å². The van der Waals surface area contributed by atoms with E-state index in [1.54, 1.807) is 6.08 Å². The molecule has 1 aromatic carbocycles. The Morgan fingerprint density at radius 1 is 1.14 bits per heavy atom. The summed E-state index contributed by atoms with van der Waals surface area (Å²) in [5.74, 6) is -0.895. The van der Waals surface area contributed by atoms with Gasteiger partial charge in [-0.3, -0.25) is 33.6 Å². The van der Waals surface area contributed by atoms with Gasteiger partial charge < -0.3 is 5.32 Å². The molecule has 1 aliphatic heterocycles. The van der Waals surface area contributed by atoms with Gasteiger partial charge >= 0.3 is 5.69 Å². The second-order valence-corrected chi connectivity index (χ2v) is 7.33. The molecule has 10 heteroatoms. The Morgan fingerprint density at radius 2 is 1.86 bits per heavy atom. The molecular weight excluding hydrogens is 396 g/mol. The van der Waals surface area contributed by atoms with E-state index >= 15 is 0 Å². The number of hydrogen-bond acceptors (Lipinski definition) is 6. The molecule has 150 valence electrons. The minimum Gasteiger partial charge on any atom is -0.353 e. The van der Waals surface area contributed by atoms with E-state index < -0.39 is 28.3 Å². The van der Waals surface area contributed by atoms with Gasteiger partial charge in [0.1, 0.15) is 6.54 Å². The fourth-order valence-corrected chi connectivity index (χ4v) is 3.46. The van der Waals surface area contributed by atoms with Crippen LogP contribution in [0.25, 0.3) is 6.08 Å². The minimum absolute atomic E-state index is 0.0160. The molecule has 9 nitrogen and oxygen atoms in total. The van der Waals surface area contributed by atoms with Gasteiger partial charge in [-0.2, -0.15) is 0 Å². The standard InChI is InChI=1S/C19H18N4O5S/c1-12-2-4-13(5-3-12)10-14-17(26)23(19(28)29-14)9-7-20-16(25)11-22-8-6-15(24)21-18(22)27/h2-6,8,10H,7,9,11H2,1H3,(H,20,25)(H,21,24,27)/b14-10-. The first-order valence-electron chi connectivity index (χ1n) is 8.72. The van der Waals surface area contributed by atoms with Crippen molar-refractivity contribution in [3.8, 4) is 0 Å². The van der Waals surface area contributed by atoms with Gasteiger partial charge in [0.25, 0.3) is 16.7 Å². The lowest BCUT2D eigenvalue weighted by atomic mass is 10.1. The van der Waals surface area contributed by atoms with Crippen molar-refractivity contribution in [2.45, 2.75) is 13.5 Å². The highest BCUT2D eigenvalue weighted by atomic mass is 32.2. The number of nitrogens with zero attached hydrogens (tertiary/aromatic N) is 2. The van der Waals surface area contributed by atoms with E-state index in [9.17, 15) is 24.0 Å². The van der Waals surface area contributed by atoms with Crippen LogP contribution in [0.5, 0.6) is 0 Å². The number of hydrogen-bond donors (Lipinski definition) is 2. The molecule has 1 aliphatic rings. The number of thioether (sulfide) groups is 1. The third-order valence-corrected chi connectivity index (χ3v) is 5.02. The van der Waals surface area contributed by atoms with Gasteiger partial charge in [0.2, 0.25) is 5.91 Å². The number of carbonyl (C=O) groups excluding carboxylic acids is 3. The molecule has 1 fully saturated rings. The highest BCUT2D eigenvalue weighted by molar-refractivity contribution is 8.18. The van der Waals surface area contributed by atoms with Crippen LogP contribution in [0, 0.1) is 6.92 Å². The lowest BCUT2D eigenvalue weighted by Crippen LogP contribution is -2.40. The molecule has 0 aliphatic carbocycles. The van der Waals surface area contributed by atoms with Crippen LogP contribution >= 0.6 is 11.8 Å². The number of H-pyrrole nitrogens is 1. The maximum atomic E-state index is 12.5. The van der Waals surface area contributed by atoms with Crippen LogP contribution in [0.3, 0.4) is 0 Å². The van der Waals surface area contributed by atoms with Gasteiger partial charge in [0, 0.05) is 25.4 Å². The van der Waals surface area contributed by atoms with Crippen LogP contribution in [0.4, 0.5) is 4.79 Å². The quantitative estimate of drug-likeness (QED) is 0.671. The summed E-state index contributed by atoms with van der Waals surface area (Å²) in [6, 6.07) is 8.69.